The maximum atomic E-state index is 11.6. The van der Waals surface area contributed by atoms with Crippen molar-refractivity contribution >= 4 is 11.7 Å². The number of rotatable bonds is 5. The molecule has 1 amide bonds. The smallest absolute Gasteiger partial charge is 0.271 e. The molecule has 2 rings (SSSR count). The summed E-state index contributed by atoms with van der Waals surface area (Å²) in [6.45, 7) is 4.31. The zero-order chi connectivity index (χ0) is 14.4. The molecule has 2 heterocycles. The number of nitrogens with two attached hydrogens (primary N) is 1. The van der Waals surface area contributed by atoms with Gasteiger partial charge < -0.3 is 21.1 Å². The molecule has 1 aromatic heterocycles. The van der Waals surface area contributed by atoms with E-state index in [2.05, 4.69) is 20.8 Å². The molecule has 0 aliphatic carbocycles. The van der Waals surface area contributed by atoms with Gasteiger partial charge in [0.15, 0.2) is 5.69 Å². The minimum atomic E-state index is -0.217. The van der Waals surface area contributed by atoms with Gasteiger partial charge in [-0.25, -0.2) is 0 Å². The summed E-state index contributed by atoms with van der Waals surface area (Å²) in [5.41, 5.74) is 5.99. The second-order valence-electron chi connectivity index (χ2n) is 4.89. The Morgan fingerprint density at radius 1 is 1.40 bits per heavy atom. The highest BCUT2D eigenvalue weighted by Gasteiger charge is 2.31. The molecular formula is C13H21N5O2. The standard InChI is InChI=1S/C13H21N5O2/c1-2-15-12(19)10-3-4-11(18-17-10)16-13(9-14)5-7-20-8-6-13/h3-4H,2,5-9,14H2,1H3,(H,15,19)(H,16,18). The number of hydrogen-bond acceptors (Lipinski definition) is 6. The summed E-state index contributed by atoms with van der Waals surface area (Å²) in [4.78, 5) is 11.6. The number of carbonyl (C=O) groups is 1. The van der Waals surface area contributed by atoms with E-state index in [1.807, 2.05) is 6.92 Å². The molecule has 7 nitrogen and oxygen atoms in total. The molecular weight excluding hydrogens is 258 g/mol. The minimum Gasteiger partial charge on any atom is -0.381 e. The number of anilines is 1. The highest BCUT2D eigenvalue weighted by molar-refractivity contribution is 5.92. The third-order valence-electron chi connectivity index (χ3n) is 3.47. The van der Waals surface area contributed by atoms with Crippen molar-refractivity contribution in [1.82, 2.24) is 15.5 Å². The minimum absolute atomic E-state index is 0.194. The maximum Gasteiger partial charge on any atom is 0.271 e. The molecule has 0 unspecified atom stereocenters. The van der Waals surface area contributed by atoms with E-state index in [0.717, 1.165) is 12.8 Å². The van der Waals surface area contributed by atoms with E-state index in [9.17, 15) is 4.79 Å². The first kappa shape index (κ1) is 14.7. The lowest BCUT2D eigenvalue weighted by Crippen LogP contribution is -2.49. The summed E-state index contributed by atoms with van der Waals surface area (Å²) in [5.74, 6) is 0.413. The molecule has 1 aliphatic heterocycles. The molecule has 1 aromatic rings. The molecule has 0 radical (unpaired) electrons. The predicted octanol–water partition coefficient (Wildman–Crippen LogP) is 0.146. The summed E-state index contributed by atoms with van der Waals surface area (Å²) in [6.07, 6.45) is 1.67. The Balaban J connectivity index is 2.04. The van der Waals surface area contributed by atoms with Gasteiger partial charge in [-0.2, -0.15) is 0 Å². The monoisotopic (exact) mass is 279 g/mol. The zero-order valence-electron chi connectivity index (χ0n) is 11.7. The summed E-state index contributed by atoms with van der Waals surface area (Å²) in [5, 5.41) is 14.0. The van der Waals surface area contributed by atoms with Crippen LogP contribution in [0.4, 0.5) is 5.82 Å². The van der Waals surface area contributed by atoms with Crippen LogP contribution in [0.25, 0.3) is 0 Å². The lowest BCUT2D eigenvalue weighted by atomic mass is 9.90. The fourth-order valence-corrected chi connectivity index (χ4v) is 2.19. The van der Waals surface area contributed by atoms with E-state index in [1.54, 1.807) is 12.1 Å². The van der Waals surface area contributed by atoms with Crippen LogP contribution in [-0.2, 0) is 4.74 Å². The fraction of sp³-hybridized carbons (Fsp3) is 0.615. The second-order valence-corrected chi connectivity index (χ2v) is 4.89. The number of nitrogens with zero attached hydrogens (tertiary/aromatic N) is 2. The first-order chi connectivity index (χ1) is 9.69. The van der Waals surface area contributed by atoms with Crippen LogP contribution in [0.3, 0.4) is 0 Å². The Kier molecular flexibility index (Phi) is 4.86. The van der Waals surface area contributed by atoms with Gasteiger partial charge in [-0.1, -0.05) is 0 Å². The molecule has 110 valence electrons. The SMILES string of the molecule is CCNC(=O)c1ccc(NC2(CN)CCOCC2)nn1. The summed E-state index contributed by atoms with van der Waals surface area (Å²) < 4.78 is 5.36. The van der Waals surface area contributed by atoms with Crippen molar-refractivity contribution in [3.05, 3.63) is 17.8 Å². The van der Waals surface area contributed by atoms with E-state index < -0.39 is 0 Å². The molecule has 0 atom stereocenters. The van der Waals surface area contributed by atoms with Gasteiger partial charge in [0.1, 0.15) is 5.82 Å². The molecule has 1 aliphatic rings. The Bertz CT molecular complexity index is 443. The third-order valence-corrected chi connectivity index (χ3v) is 3.47. The van der Waals surface area contributed by atoms with Crippen LogP contribution in [0.1, 0.15) is 30.3 Å². The topological polar surface area (TPSA) is 102 Å². The van der Waals surface area contributed by atoms with Gasteiger partial charge in [-0.15, -0.1) is 10.2 Å². The van der Waals surface area contributed by atoms with E-state index in [1.165, 1.54) is 0 Å². The summed E-state index contributed by atoms with van der Waals surface area (Å²) >= 11 is 0. The van der Waals surface area contributed by atoms with Crippen LogP contribution >= 0.6 is 0 Å². The largest absolute Gasteiger partial charge is 0.381 e. The van der Waals surface area contributed by atoms with Crippen LogP contribution in [0.5, 0.6) is 0 Å². The number of nitrogens with one attached hydrogen (secondary N) is 2. The normalized spacial score (nSPS) is 17.5. The molecule has 0 spiro atoms. The lowest BCUT2D eigenvalue weighted by Gasteiger charge is -2.37. The molecule has 0 bridgehead atoms. The predicted molar refractivity (Wildman–Crippen MR) is 75.5 cm³/mol. The molecule has 20 heavy (non-hydrogen) atoms. The summed E-state index contributed by atoms with van der Waals surface area (Å²) in [7, 11) is 0. The molecule has 7 heteroatoms. The van der Waals surface area contributed by atoms with E-state index in [0.29, 0.717) is 37.8 Å². The average molecular weight is 279 g/mol. The number of amides is 1. The van der Waals surface area contributed by atoms with Crippen LogP contribution in [0, 0.1) is 0 Å². The Morgan fingerprint density at radius 2 is 2.15 bits per heavy atom. The molecule has 1 saturated heterocycles. The van der Waals surface area contributed by atoms with Gasteiger partial charge in [-0.05, 0) is 31.9 Å². The van der Waals surface area contributed by atoms with E-state index >= 15 is 0 Å². The highest BCUT2D eigenvalue weighted by Crippen LogP contribution is 2.23. The van der Waals surface area contributed by atoms with Crippen molar-refractivity contribution < 1.29 is 9.53 Å². The maximum absolute atomic E-state index is 11.6. The van der Waals surface area contributed by atoms with Gasteiger partial charge >= 0.3 is 0 Å². The quantitative estimate of drug-likeness (QED) is 0.709. The highest BCUT2D eigenvalue weighted by atomic mass is 16.5. The first-order valence-electron chi connectivity index (χ1n) is 6.87. The van der Waals surface area contributed by atoms with Crippen molar-refractivity contribution in [2.75, 3.05) is 31.6 Å². The Hall–Kier alpha value is -1.73. The van der Waals surface area contributed by atoms with Crippen LogP contribution in [0.2, 0.25) is 0 Å². The molecule has 1 fully saturated rings. The van der Waals surface area contributed by atoms with Gasteiger partial charge in [0.05, 0.1) is 5.54 Å². The van der Waals surface area contributed by atoms with Crippen molar-refractivity contribution in [3.8, 4) is 0 Å². The molecule has 0 aromatic carbocycles. The van der Waals surface area contributed by atoms with Crippen molar-refractivity contribution in [2.24, 2.45) is 5.73 Å². The van der Waals surface area contributed by atoms with Crippen molar-refractivity contribution in [1.29, 1.82) is 0 Å². The van der Waals surface area contributed by atoms with Crippen molar-refractivity contribution in [2.45, 2.75) is 25.3 Å². The van der Waals surface area contributed by atoms with Gasteiger partial charge in [0, 0.05) is 26.3 Å². The van der Waals surface area contributed by atoms with Crippen LogP contribution in [0.15, 0.2) is 12.1 Å². The van der Waals surface area contributed by atoms with Crippen molar-refractivity contribution in [3.63, 3.8) is 0 Å². The zero-order valence-corrected chi connectivity index (χ0v) is 11.7. The van der Waals surface area contributed by atoms with Gasteiger partial charge in [0.2, 0.25) is 0 Å². The average Bonchev–Trinajstić information content (AvgIpc) is 2.49. The number of aromatic nitrogens is 2. The lowest BCUT2D eigenvalue weighted by molar-refractivity contribution is 0.0626. The fourth-order valence-electron chi connectivity index (χ4n) is 2.19. The first-order valence-corrected chi connectivity index (χ1v) is 6.87. The third kappa shape index (κ3) is 3.43. The molecule has 4 N–H and O–H groups in total. The number of carbonyl (C=O) groups excluding carboxylic acids is 1. The van der Waals surface area contributed by atoms with Crippen LogP contribution in [-0.4, -0.2) is 47.9 Å². The Morgan fingerprint density at radius 3 is 2.70 bits per heavy atom. The number of hydrogen-bond donors (Lipinski definition) is 3. The van der Waals surface area contributed by atoms with E-state index in [-0.39, 0.29) is 11.4 Å². The number of ether oxygens (including phenoxy) is 1. The van der Waals surface area contributed by atoms with Crippen LogP contribution < -0.4 is 16.4 Å². The van der Waals surface area contributed by atoms with Gasteiger partial charge in [-0.3, -0.25) is 4.79 Å². The summed E-state index contributed by atoms with van der Waals surface area (Å²) in [6, 6.07) is 3.41. The Labute approximate surface area is 118 Å². The second kappa shape index (κ2) is 6.62. The van der Waals surface area contributed by atoms with Gasteiger partial charge in [0.25, 0.3) is 5.91 Å². The van der Waals surface area contributed by atoms with E-state index in [4.69, 9.17) is 10.5 Å². The molecule has 0 saturated carbocycles.